The quantitative estimate of drug-likeness (QED) is 0.831. The Labute approximate surface area is 88.7 Å². The van der Waals surface area contributed by atoms with Crippen molar-refractivity contribution in [1.82, 2.24) is 4.98 Å². The third-order valence-corrected chi connectivity index (χ3v) is 2.54. The maximum atomic E-state index is 9.69. The average Bonchev–Trinajstić information content (AvgIpc) is 2.20. The van der Waals surface area contributed by atoms with E-state index in [4.69, 9.17) is 16.3 Å². The Balaban J connectivity index is 2.64. The summed E-state index contributed by atoms with van der Waals surface area (Å²) in [4.78, 5) is 3.87. The summed E-state index contributed by atoms with van der Waals surface area (Å²) in [6.45, 7) is 1.82. The molecule has 0 saturated carbocycles. The molecule has 1 aromatic rings. The smallest absolute Gasteiger partial charge is 0.0839 e. The van der Waals surface area contributed by atoms with E-state index in [-0.39, 0.29) is 6.10 Å². The predicted molar refractivity (Wildman–Crippen MR) is 55.4 cm³/mol. The van der Waals surface area contributed by atoms with Crippen LogP contribution in [0.25, 0.3) is 0 Å². The van der Waals surface area contributed by atoms with Gasteiger partial charge in [0.25, 0.3) is 0 Å². The minimum atomic E-state index is -0.542. The lowest BCUT2D eigenvalue weighted by molar-refractivity contribution is 0.000410. The number of hydrogen-bond donors (Lipinski definition) is 1. The summed E-state index contributed by atoms with van der Waals surface area (Å²) in [7, 11) is 1.57. The van der Waals surface area contributed by atoms with Gasteiger partial charge in [0, 0.05) is 25.9 Å². The van der Waals surface area contributed by atoms with Crippen LogP contribution in [0.15, 0.2) is 18.5 Å². The van der Waals surface area contributed by atoms with Crippen molar-refractivity contribution in [3.05, 3.63) is 29.0 Å². The van der Waals surface area contributed by atoms with E-state index in [1.165, 1.54) is 0 Å². The molecule has 0 aromatic carbocycles. The molecule has 4 heteroatoms. The van der Waals surface area contributed by atoms with E-state index in [0.29, 0.717) is 11.4 Å². The Morgan fingerprint density at radius 3 is 2.93 bits per heavy atom. The first-order chi connectivity index (χ1) is 6.65. The lowest BCUT2D eigenvalue weighted by Gasteiger charge is -2.17. The molecule has 2 unspecified atom stereocenters. The summed E-state index contributed by atoms with van der Waals surface area (Å²) < 4.78 is 5.02. The zero-order valence-corrected chi connectivity index (χ0v) is 9.03. The van der Waals surface area contributed by atoms with Crippen LogP contribution in [0.2, 0.25) is 5.02 Å². The molecule has 1 aromatic heterocycles. The maximum absolute atomic E-state index is 9.69. The molecule has 1 rings (SSSR count). The summed E-state index contributed by atoms with van der Waals surface area (Å²) in [5, 5.41) is 10.3. The van der Waals surface area contributed by atoms with Gasteiger partial charge in [0.1, 0.15) is 0 Å². The summed E-state index contributed by atoms with van der Waals surface area (Å²) in [5.74, 6) is 0. The van der Waals surface area contributed by atoms with Crippen molar-refractivity contribution in [2.75, 3.05) is 7.11 Å². The Hall–Kier alpha value is -0.640. The molecule has 0 saturated heterocycles. The first-order valence-electron chi connectivity index (χ1n) is 4.44. The van der Waals surface area contributed by atoms with Gasteiger partial charge in [0.05, 0.1) is 17.2 Å². The van der Waals surface area contributed by atoms with Gasteiger partial charge < -0.3 is 9.84 Å². The highest BCUT2D eigenvalue weighted by Crippen LogP contribution is 2.16. The second-order valence-electron chi connectivity index (χ2n) is 3.18. The monoisotopic (exact) mass is 215 g/mol. The van der Waals surface area contributed by atoms with E-state index in [2.05, 4.69) is 4.98 Å². The van der Waals surface area contributed by atoms with Gasteiger partial charge in [-0.1, -0.05) is 11.6 Å². The third kappa shape index (κ3) is 2.94. The Morgan fingerprint density at radius 2 is 2.36 bits per heavy atom. The van der Waals surface area contributed by atoms with E-state index in [1.807, 2.05) is 6.92 Å². The van der Waals surface area contributed by atoms with Crippen molar-refractivity contribution in [1.29, 1.82) is 0 Å². The lowest BCUT2D eigenvalue weighted by atomic mass is 10.1. The Kier molecular flexibility index (Phi) is 4.32. The largest absolute Gasteiger partial charge is 0.390 e. The van der Waals surface area contributed by atoms with Gasteiger partial charge in [-0.3, -0.25) is 4.98 Å². The number of methoxy groups -OCH3 is 1. The average molecular weight is 216 g/mol. The van der Waals surface area contributed by atoms with Crippen molar-refractivity contribution in [2.45, 2.75) is 25.6 Å². The minimum Gasteiger partial charge on any atom is -0.390 e. The van der Waals surface area contributed by atoms with Crippen molar-refractivity contribution >= 4 is 11.6 Å². The van der Waals surface area contributed by atoms with Crippen LogP contribution in [0, 0.1) is 0 Å². The number of halogens is 1. The molecular weight excluding hydrogens is 202 g/mol. The fourth-order valence-corrected chi connectivity index (χ4v) is 1.31. The number of rotatable bonds is 4. The number of aromatic nitrogens is 1. The van der Waals surface area contributed by atoms with Crippen LogP contribution in [0.1, 0.15) is 12.5 Å². The minimum absolute atomic E-state index is 0.195. The second kappa shape index (κ2) is 5.29. The van der Waals surface area contributed by atoms with Gasteiger partial charge in [0.15, 0.2) is 0 Å². The van der Waals surface area contributed by atoms with E-state index in [0.717, 1.165) is 5.56 Å². The van der Waals surface area contributed by atoms with Gasteiger partial charge >= 0.3 is 0 Å². The van der Waals surface area contributed by atoms with Crippen LogP contribution < -0.4 is 0 Å². The van der Waals surface area contributed by atoms with Crippen LogP contribution in [0.5, 0.6) is 0 Å². The predicted octanol–water partition coefficient (Wildman–Crippen LogP) is 1.67. The fraction of sp³-hybridized carbons (Fsp3) is 0.500. The third-order valence-electron chi connectivity index (χ3n) is 2.20. The zero-order valence-electron chi connectivity index (χ0n) is 8.27. The fourth-order valence-electron chi connectivity index (χ4n) is 1.12. The van der Waals surface area contributed by atoms with Crippen LogP contribution in [0.3, 0.4) is 0 Å². The standard InChI is InChI=1S/C10H14ClNO2/c1-7(14-2)10(13)5-8-3-4-12-6-9(8)11/h3-4,6-7,10,13H,5H2,1-2H3. The molecule has 0 amide bonds. The molecular formula is C10H14ClNO2. The molecule has 0 aliphatic carbocycles. The molecule has 0 fully saturated rings. The van der Waals surface area contributed by atoms with E-state index >= 15 is 0 Å². The highest BCUT2D eigenvalue weighted by atomic mass is 35.5. The highest BCUT2D eigenvalue weighted by molar-refractivity contribution is 6.31. The molecule has 2 atom stereocenters. The summed E-state index contributed by atoms with van der Waals surface area (Å²) in [6.07, 6.45) is 2.97. The first-order valence-corrected chi connectivity index (χ1v) is 4.82. The van der Waals surface area contributed by atoms with Gasteiger partial charge in [-0.25, -0.2) is 0 Å². The highest BCUT2D eigenvalue weighted by Gasteiger charge is 2.15. The topological polar surface area (TPSA) is 42.4 Å². The molecule has 14 heavy (non-hydrogen) atoms. The van der Waals surface area contributed by atoms with Gasteiger partial charge in [-0.15, -0.1) is 0 Å². The van der Waals surface area contributed by atoms with Crippen molar-refractivity contribution < 1.29 is 9.84 Å². The van der Waals surface area contributed by atoms with Crippen LogP contribution in [0.4, 0.5) is 0 Å². The van der Waals surface area contributed by atoms with E-state index in [9.17, 15) is 5.11 Å². The van der Waals surface area contributed by atoms with Gasteiger partial charge in [-0.2, -0.15) is 0 Å². The van der Waals surface area contributed by atoms with Crippen LogP contribution in [-0.4, -0.2) is 29.4 Å². The number of aliphatic hydroxyl groups excluding tert-OH is 1. The molecule has 0 aliphatic rings. The normalized spacial score (nSPS) is 15.1. The SMILES string of the molecule is COC(C)C(O)Cc1ccncc1Cl. The molecule has 0 spiro atoms. The van der Waals surface area contributed by atoms with Crippen molar-refractivity contribution in [2.24, 2.45) is 0 Å². The van der Waals surface area contributed by atoms with Crippen LogP contribution in [-0.2, 0) is 11.2 Å². The van der Waals surface area contributed by atoms with E-state index in [1.54, 1.807) is 25.6 Å². The van der Waals surface area contributed by atoms with Crippen molar-refractivity contribution in [3.8, 4) is 0 Å². The molecule has 0 aliphatic heterocycles. The molecule has 78 valence electrons. The number of aliphatic hydroxyl groups is 1. The number of nitrogens with zero attached hydrogens (tertiary/aromatic N) is 1. The first kappa shape index (κ1) is 11.4. The van der Waals surface area contributed by atoms with Crippen molar-refractivity contribution in [3.63, 3.8) is 0 Å². The van der Waals surface area contributed by atoms with Crippen LogP contribution >= 0.6 is 11.6 Å². The maximum Gasteiger partial charge on any atom is 0.0839 e. The summed E-state index contributed by atoms with van der Waals surface area (Å²) in [6, 6.07) is 1.80. The van der Waals surface area contributed by atoms with Gasteiger partial charge in [-0.05, 0) is 18.6 Å². The van der Waals surface area contributed by atoms with Gasteiger partial charge in [0.2, 0.25) is 0 Å². The summed E-state index contributed by atoms with van der Waals surface area (Å²) in [5.41, 5.74) is 0.887. The molecule has 3 nitrogen and oxygen atoms in total. The second-order valence-corrected chi connectivity index (χ2v) is 3.59. The lowest BCUT2D eigenvalue weighted by Crippen LogP contribution is -2.27. The Morgan fingerprint density at radius 1 is 1.64 bits per heavy atom. The number of pyridine rings is 1. The number of hydrogen-bond acceptors (Lipinski definition) is 3. The summed E-state index contributed by atoms with van der Waals surface area (Å²) >= 11 is 5.90. The molecule has 1 N–H and O–H groups in total. The van der Waals surface area contributed by atoms with E-state index < -0.39 is 6.10 Å². The number of ether oxygens (including phenoxy) is 1. The zero-order chi connectivity index (χ0) is 10.6. The molecule has 1 heterocycles. The molecule has 0 radical (unpaired) electrons. The molecule has 0 bridgehead atoms. The Bertz CT molecular complexity index is 293.